The fourth-order valence-electron chi connectivity index (χ4n) is 3.63. The summed E-state index contributed by atoms with van der Waals surface area (Å²) in [5.74, 6) is -2.31. The Kier molecular flexibility index (Phi) is 7.27. The Morgan fingerprint density at radius 3 is 2.56 bits per heavy atom. The van der Waals surface area contributed by atoms with Crippen LogP contribution in [0.1, 0.15) is 21.5 Å². The minimum Gasteiger partial charge on any atom is -0.507 e. The number of methoxy groups -OCH3 is 1. The van der Waals surface area contributed by atoms with E-state index in [-0.39, 0.29) is 35.7 Å². The third kappa shape index (κ3) is 5.55. The van der Waals surface area contributed by atoms with Gasteiger partial charge >= 0.3 is 16.3 Å². The Morgan fingerprint density at radius 2 is 1.91 bits per heavy atom. The third-order valence-electron chi connectivity index (χ3n) is 5.20. The van der Waals surface area contributed by atoms with E-state index in [9.17, 15) is 27.9 Å². The Balaban J connectivity index is 1.85. The molecule has 3 rings (SSSR count). The number of likely N-dealkylation sites (N-methyl/N-ethyl adjacent to an activating group) is 1. The van der Waals surface area contributed by atoms with Crippen LogP contribution in [0.3, 0.4) is 0 Å². The number of rotatable bonds is 7. The van der Waals surface area contributed by atoms with Crippen molar-refractivity contribution in [1.29, 1.82) is 0 Å². The van der Waals surface area contributed by atoms with Crippen molar-refractivity contribution in [1.82, 2.24) is 10.2 Å². The number of anilines is 1. The number of esters is 1. The Bertz CT molecular complexity index is 1230. The van der Waals surface area contributed by atoms with Crippen LogP contribution >= 0.6 is 0 Å². The minimum absolute atomic E-state index is 0.0412. The quantitative estimate of drug-likeness (QED) is 0.316. The van der Waals surface area contributed by atoms with E-state index in [0.717, 1.165) is 12.7 Å². The van der Waals surface area contributed by atoms with Crippen LogP contribution in [0, 0.1) is 0 Å². The van der Waals surface area contributed by atoms with Gasteiger partial charge in [-0.15, -0.1) is 0 Å². The summed E-state index contributed by atoms with van der Waals surface area (Å²) in [7, 11) is -1.92. The second-order valence-corrected chi connectivity index (χ2v) is 8.50. The zero-order valence-corrected chi connectivity index (χ0v) is 19.1. The topological polar surface area (TPSA) is 172 Å². The van der Waals surface area contributed by atoms with Gasteiger partial charge in [-0.3, -0.25) is 18.9 Å². The number of carbonyl (C=O) groups excluding carboxylic acids is 3. The van der Waals surface area contributed by atoms with E-state index in [4.69, 9.17) is 9.29 Å². The lowest BCUT2D eigenvalue weighted by Gasteiger charge is -2.36. The van der Waals surface area contributed by atoms with Crippen molar-refractivity contribution < 1.29 is 41.9 Å². The van der Waals surface area contributed by atoms with Crippen LogP contribution in [-0.4, -0.2) is 67.6 Å². The first-order chi connectivity index (χ1) is 16.0. The van der Waals surface area contributed by atoms with Gasteiger partial charge in [0, 0.05) is 20.0 Å². The van der Waals surface area contributed by atoms with Crippen LogP contribution in [0.4, 0.5) is 5.69 Å². The monoisotopic (exact) mass is 493 g/mol. The second kappa shape index (κ2) is 9.97. The van der Waals surface area contributed by atoms with Crippen LogP contribution < -0.4 is 14.8 Å². The van der Waals surface area contributed by atoms with E-state index in [1.165, 1.54) is 42.3 Å². The first-order valence-corrected chi connectivity index (χ1v) is 11.4. The molecule has 0 unspecified atom stereocenters. The second-order valence-electron chi connectivity index (χ2n) is 7.35. The van der Waals surface area contributed by atoms with Crippen LogP contribution in [0.5, 0.6) is 11.5 Å². The molecular weight excluding hydrogens is 470 g/mol. The van der Waals surface area contributed by atoms with E-state index in [0.29, 0.717) is 5.56 Å². The van der Waals surface area contributed by atoms with Crippen LogP contribution in [0.15, 0.2) is 36.4 Å². The summed E-state index contributed by atoms with van der Waals surface area (Å²) in [6, 6.07) is 7.70. The number of carbonyl (C=O) groups is 3. The Labute approximate surface area is 195 Å². The first-order valence-electron chi connectivity index (χ1n) is 9.95. The number of amides is 2. The maximum atomic E-state index is 13.1. The average Bonchev–Trinajstić information content (AvgIpc) is 2.79. The molecule has 13 heteroatoms. The third-order valence-corrected chi connectivity index (χ3v) is 5.69. The van der Waals surface area contributed by atoms with Crippen LogP contribution in [-0.2, 0) is 37.6 Å². The predicted molar refractivity (Wildman–Crippen MR) is 119 cm³/mol. The molecule has 4 N–H and O–H groups in total. The van der Waals surface area contributed by atoms with Crippen molar-refractivity contribution in [3.05, 3.63) is 53.1 Å². The van der Waals surface area contributed by atoms with E-state index in [2.05, 4.69) is 10.1 Å². The number of ether oxygens (including phenoxy) is 2. The van der Waals surface area contributed by atoms with E-state index < -0.39 is 40.7 Å². The van der Waals surface area contributed by atoms with Crippen molar-refractivity contribution in [2.75, 3.05) is 25.5 Å². The van der Waals surface area contributed by atoms with Gasteiger partial charge in [0.2, 0.25) is 5.91 Å². The highest BCUT2D eigenvalue weighted by Gasteiger charge is 2.35. The number of hydrogen-bond donors (Lipinski definition) is 4. The average molecular weight is 493 g/mol. The molecule has 2 amide bonds. The molecule has 2 aromatic carbocycles. The van der Waals surface area contributed by atoms with Gasteiger partial charge < -0.3 is 24.8 Å². The fourth-order valence-corrected chi connectivity index (χ4v) is 4.05. The Morgan fingerprint density at radius 1 is 1.18 bits per heavy atom. The van der Waals surface area contributed by atoms with Crippen molar-refractivity contribution in [2.24, 2.45) is 0 Å². The molecule has 1 aliphatic heterocycles. The molecule has 1 aliphatic rings. The molecule has 182 valence electrons. The molecule has 1 atom stereocenters. The van der Waals surface area contributed by atoms with Gasteiger partial charge in [0.05, 0.1) is 12.8 Å². The number of aromatic hydroxyl groups is 1. The SMILES string of the molecule is CNC(=O)[C@@H]1Cc2ccc(NS(=O)(=O)O)cc2CN1C(=O)COc1cccc(O)c1C(=O)OC. The normalized spacial score (nSPS) is 15.1. The summed E-state index contributed by atoms with van der Waals surface area (Å²) in [4.78, 5) is 38.8. The summed E-state index contributed by atoms with van der Waals surface area (Å²) in [5, 5.41) is 12.5. The van der Waals surface area contributed by atoms with Gasteiger partial charge in [0.1, 0.15) is 23.1 Å². The maximum absolute atomic E-state index is 13.1. The highest BCUT2D eigenvalue weighted by Crippen LogP contribution is 2.30. The highest BCUT2D eigenvalue weighted by atomic mass is 32.2. The van der Waals surface area contributed by atoms with Gasteiger partial charge in [-0.1, -0.05) is 12.1 Å². The van der Waals surface area contributed by atoms with Crippen molar-refractivity contribution in [3.63, 3.8) is 0 Å². The number of benzene rings is 2. The fraction of sp³-hybridized carbons (Fsp3) is 0.286. The number of fused-ring (bicyclic) bond motifs is 1. The summed E-state index contributed by atoms with van der Waals surface area (Å²) in [6.45, 7) is -0.597. The van der Waals surface area contributed by atoms with Gasteiger partial charge in [-0.05, 0) is 35.4 Å². The van der Waals surface area contributed by atoms with Crippen molar-refractivity contribution >= 4 is 33.8 Å². The molecule has 0 saturated heterocycles. The smallest absolute Gasteiger partial charge is 0.357 e. The van der Waals surface area contributed by atoms with E-state index in [1.807, 2.05) is 4.72 Å². The van der Waals surface area contributed by atoms with E-state index in [1.54, 1.807) is 6.07 Å². The number of phenols is 1. The molecule has 1 heterocycles. The number of nitrogens with zero attached hydrogens (tertiary/aromatic N) is 1. The van der Waals surface area contributed by atoms with Crippen molar-refractivity contribution in [3.8, 4) is 11.5 Å². The van der Waals surface area contributed by atoms with Crippen molar-refractivity contribution in [2.45, 2.75) is 19.0 Å². The zero-order chi connectivity index (χ0) is 25.0. The van der Waals surface area contributed by atoms with Gasteiger partial charge in [-0.25, -0.2) is 4.79 Å². The summed E-state index contributed by atoms with van der Waals surface area (Å²) < 4.78 is 43.3. The van der Waals surface area contributed by atoms with Gasteiger partial charge in [0.25, 0.3) is 5.91 Å². The van der Waals surface area contributed by atoms with Crippen LogP contribution in [0.25, 0.3) is 0 Å². The highest BCUT2D eigenvalue weighted by molar-refractivity contribution is 7.87. The standard InChI is InChI=1S/C21H23N3O9S/c1-22-20(27)15-9-12-6-7-14(23-34(29,30)31)8-13(12)10-24(15)18(26)11-33-17-5-3-4-16(25)19(17)21(28)32-2/h3-8,15,23,25H,9-11H2,1-2H3,(H,22,27)(H,29,30,31)/t15-/m0/s1. The number of phenolic OH excluding ortho intramolecular Hbond substituents is 1. The lowest BCUT2D eigenvalue weighted by atomic mass is 9.93. The van der Waals surface area contributed by atoms with E-state index >= 15 is 0 Å². The number of hydrogen-bond acceptors (Lipinski definition) is 8. The molecular formula is C21H23N3O9S. The van der Waals surface area contributed by atoms with Gasteiger partial charge in [-0.2, -0.15) is 8.42 Å². The summed E-state index contributed by atoms with van der Waals surface area (Å²) in [5.41, 5.74) is 1.13. The molecule has 0 aromatic heterocycles. The van der Waals surface area contributed by atoms with Gasteiger partial charge in [0.15, 0.2) is 6.61 Å². The molecule has 0 aliphatic carbocycles. The molecule has 0 bridgehead atoms. The molecule has 34 heavy (non-hydrogen) atoms. The van der Waals surface area contributed by atoms with Crippen LogP contribution in [0.2, 0.25) is 0 Å². The minimum atomic E-state index is -4.49. The number of nitrogens with one attached hydrogen (secondary N) is 2. The molecule has 0 radical (unpaired) electrons. The Hall–Kier alpha value is -3.84. The molecule has 0 fully saturated rings. The molecule has 12 nitrogen and oxygen atoms in total. The summed E-state index contributed by atoms with van der Waals surface area (Å²) >= 11 is 0. The lowest BCUT2D eigenvalue weighted by Crippen LogP contribution is -2.53. The first kappa shape index (κ1) is 24.8. The summed E-state index contributed by atoms with van der Waals surface area (Å²) in [6.07, 6.45) is 0.159. The predicted octanol–water partition coefficient (Wildman–Crippen LogP) is 0.472. The molecule has 0 spiro atoms. The largest absolute Gasteiger partial charge is 0.507 e. The zero-order valence-electron chi connectivity index (χ0n) is 18.3. The molecule has 0 saturated carbocycles. The molecule has 2 aromatic rings. The maximum Gasteiger partial charge on any atom is 0.357 e. The lowest BCUT2D eigenvalue weighted by molar-refractivity contribution is -0.143.